The highest BCUT2D eigenvalue weighted by Gasteiger charge is 2.20. The molecule has 192 valence electrons. The van der Waals surface area contributed by atoms with Crippen molar-refractivity contribution in [1.29, 1.82) is 0 Å². The number of hydrogen-bond acceptors (Lipinski definition) is 6. The Morgan fingerprint density at radius 3 is 2.21 bits per heavy atom. The van der Waals surface area contributed by atoms with Gasteiger partial charge in [0.05, 0.1) is 12.7 Å². The zero-order chi connectivity index (χ0) is 27.0. The Morgan fingerprint density at radius 1 is 0.821 bits per heavy atom. The summed E-state index contributed by atoms with van der Waals surface area (Å²) in [6, 6.07) is 30.2. The molecule has 6 rings (SSSR count). The molecule has 7 nitrogen and oxygen atoms in total. The maximum atomic E-state index is 12.9. The fourth-order valence-corrected chi connectivity index (χ4v) is 5.62. The van der Waals surface area contributed by atoms with E-state index >= 15 is 0 Å². The summed E-state index contributed by atoms with van der Waals surface area (Å²) in [6.45, 7) is 0. The van der Waals surface area contributed by atoms with Crippen LogP contribution >= 0.6 is 0 Å². The van der Waals surface area contributed by atoms with Crippen molar-refractivity contribution >= 4 is 38.0 Å². The number of methoxy groups -OCH3 is 1. The molecule has 0 amide bonds. The van der Waals surface area contributed by atoms with Crippen LogP contribution in [0.1, 0.15) is 10.4 Å². The van der Waals surface area contributed by atoms with E-state index in [2.05, 4.69) is 4.98 Å². The number of ether oxygens (including phenoxy) is 1. The van der Waals surface area contributed by atoms with Gasteiger partial charge in [0.25, 0.3) is 0 Å². The Hall–Kier alpha value is -4.95. The predicted octanol–water partition coefficient (Wildman–Crippen LogP) is 6.60. The number of nitrogens with zero attached hydrogens (tertiary/aromatic N) is 1. The summed E-state index contributed by atoms with van der Waals surface area (Å²) in [4.78, 5) is 20.1. The molecule has 0 unspecified atom stereocenters. The van der Waals surface area contributed by atoms with Gasteiger partial charge in [0, 0.05) is 33.6 Å². The van der Waals surface area contributed by atoms with Crippen molar-refractivity contribution in [3.8, 4) is 28.0 Å². The van der Waals surface area contributed by atoms with Crippen LogP contribution in [0.5, 0.6) is 5.75 Å². The number of aromatic amines is 1. The Labute approximate surface area is 224 Å². The van der Waals surface area contributed by atoms with E-state index in [1.807, 2.05) is 42.5 Å². The first-order valence-corrected chi connectivity index (χ1v) is 13.5. The van der Waals surface area contributed by atoms with Gasteiger partial charge in [0.1, 0.15) is 16.3 Å². The molecule has 0 saturated heterocycles. The second-order valence-electron chi connectivity index (χ2n) is 8.89. The summed E-state index contributed by atoms with van der Waals surface area (Å²) in [6.07, 6.45) is 1.80. The number of benzene rings is 4. The van der Waals surface area contributed by atoms with Gasteiger partial charge in [-0.1, -0.05) is 60.7 Å². The predicted molar refractivity (Wildman–Crippen MR) is 150 cm³/mol. The fourth-order valence-electron chi connectivity index (χ4n) is 4.68. The summed E-state index contributed by atoms with van der Waals surface area (Å²) in [5, 5.41) is 1.60. The average molecular weight is 535 g/mol. The molecule has 0 radical (unpaired) electrons. The monoisotopic (exact) mass is 534 g/mol. The first kappa shape index (κ1) is 24.4. The lowest BCUT2D eigenvalue weighted by atomic mass is 9.92. The van der Waals surface area contributed by atoms with Crippen LogP contribution in [0.4, 0.5) is 0 Å². The van der Waals surface area contributed by atoms with Crippen molar-refractivity contribution in [2.24, 2.45) is 0 Å². The molecule has 0 aliphatic carbocycles. The molecule has 6 aromatic rings. The van der Waals surface area contributed by atoms with Crippen molar-refractivity contribution in [2.45, 2.75) is 4.90 Å². The molecule has 0 atom stereocenters. The van der Waals surface area contributed by atoms with Gasteiger partial charge >= 0.3 is 16.1 Å². The smallest absolute Gasteiger partial charge is 0.339 e. The lowest BCUT2D eigenvalue weighted by molar-refractivity contribution is 0.0600. The molecule has 8 heteroatoms. The fraction of sp³-hybridized carbons (Fsp3) is 0.0323. The van der Waals surface area contributed by atoms with E-state index in [1.165, 1.54) is 19.2 Å². The highest BCUT2D eigenvalue weighted by molar-refractivity contribution is 7.87. The topological polar surface area (TPSA) is 98.3 Å². The number of pyridine rings is 1. The number of fused-ring (bicyclic) bond motifs is 3. The number of carbonyl (C=O) groups excluding carboxylic acids is 1. The minimum atomic E-state index is -4.01. The van der Waals surface area contributed by atoms with Gasteiger partial charge in [-0.3, -0.25) is 0 Å². The van der Waals surface area contributed by atoms with Crippen molar-refractivity contribution in [1.82, 2.24) is 9.97 Å². The molecule has 39 heavy (non-hydrogen) atoms. The van der Waals surface area contributed by atoms with E-state index in [9.17, 15) is 13.2 Å². The van der Waals surface area contributed by atoms with Crippen LogP contribution in [0.25, 0.3) is 44.2 Å². The van der Waals surface area contributed by atoms with Crippen LogP contribution in [0.3, 0.4) is 0 Å². The lowest BCUT2D eigenvalue weighted by Gasteiger charge is -2.13. The molecule has 4 aromatic carbocycles. The van der Waals surface area contributed by atoms with Crippen LogP contribution < -0.4 is 4.18 Å². The Kier molecular flexibility index (Phi) is 6.09. The molecule has 0 spiro atoms. The van der Waals surface area contributed by atoms with Crippen molar-refractivity contribution in [3.63, 3.8) is 0 Å². The molecule has 0 aliphatic heterocycles. The molecule has 2 heterocycles. The van der Waals surface area contributed by atoms with Gasteiger partial charge in [-0.15, -0.1) is 0 Å². The number of rotatable bonds is 6. The van der Waals surface area contributed by atoms with Crippen molar-refractivity contribution in [2.75, 3.05) is 7.11 Å². The highest BCUT2D eigenvalue weighted by Crippen LogP contribution is 2.41. The average Bonchev–Trinajstić information content (AvgIpc) is 3.35. The molecule has 0 aliphatic rings. The summed E-state index contributed by atoms with van der Waals surface area (Å²) < 4.78 is 36.1. The van der Waals surface area contributed by atoms with Gasteiger partial charge in [-0.25, -0.2) is 9.78 Å². The third-order valence-corrected chi connectivity index (χ3v) is 7.77. The van der Waals surface area contributed by atoms with Crippen LogP contribution in [-0.2, 0) is 14.9 Å². The Morgan fingerprint density at radius 2 is 1.51 bits per heavy atom. The van der Waals surface area contributed by atoms with Crippen LogP contribution in [-0.4, -0.2) is 31.5 Å². The Balaban J connectivity index is 1.55. The summed E-state index contributed by atoms with van der Waals surface area (Å²) in [7, 11) is -2.66. The third kappa shape index (κ3) is 4.51. The lowest BCUT2D eigenvalue weighted by Crippen LogP contribution is -2.09. The van der Waals surface area contributed by atoms with E-state index in [4.69, 9.17) is 13.9 Å². The number of esters is 1. The van der Waals surface area contributed by atoms with Gasteiger partial charge in [0.2, 0.25) is 0 Å². The number of carbonyl (C=O) groups is 1. The number of H-pyrrole nitrogens is 1. The van der Waals surface area contributed by atoms with Crippen LogP contribution in [0.2, 0.25) is 0 Å². The van der Waals surface area contributed by atoms with E-state index in [1.54, 1.807) is 54.7 Å². The molecule has 0 fully saturated rings. The number of hydrogen-bond donors (Lipinski definition) is 1. The first-order valence-electron chi connectivity index (χ1n) is 12.1. The minimum absolute atomic E-state index is 0.0772. The quantitative estimate of drug-likeness (QED) is 0.191. The largest absolute Gasteiger partial charge is 0.465 e. The van der Waals surface area contributed by atoms with E-state index in [0.717, 1.165) is 38.5 Å². The molecular formula is C31H22N2O5S. The zero-order valence-electron chi connectivity index (χ0n) is 20.8. The maximum absolute atomic E-state index is 12.9. The SMILES string of the molecule is COC(=O)c1ccc(-c2cnc3[nH]c4ccc(OS(=O)(=O)c5ccccc5)cc4c3c2-c2ccccc2)cc1. The van der Waals surface area contributed by atoms with Crippen molar-refractivity contribution in [3.05, 3.63) is 115 Å². The van der Waals surface area contributed by atoms with Gasteiger partial charge in [-0.2, -0.15) is 8.42 Å². The first-order chi connectivity index (χ1) is 18.9. The van der Waals surface area contributed by atoms with Crippen LogP contribution in [0, 0.1) is 0 Å². The molecular weight excluding hydrogens is 512 g/mol. The normalized spacial score (nSPS) is 11.5. The Bertz CT molecular complexity index is 1930. The zero-order valence-corrected chi connectivity index (χ0v) is 21.6. The molecule has 2 aromatic heterocycles. The van der Waals surface area contributed by atoms with Crippen molar-refractivity contribution < 1.29 is 22.1 Å². The third-order valence-electron chi connectivity index (χ3n) is 6.51. The second kappa shape index (κ2) is 9.74. The molecule has 0 bridgehead atoms. The van der Waals surface area contributed by atoms with Gasteiger partial charge in [-0.05, 0) is 53.6 Å². The summed E-state index contributed by atoms with van der Waals surface area (Å²) in [5.74, 6) is -0.216. The highest BCUT2D eigenvalue weighted by atomic mass is 32.2. The van der Waals surface area contributed by atoms with Crippen LogP contribution in [0.15, 0.2) is 114 Å². The van der Waals surface area contributed by atoms with E-state index in [-0.39, 0.29) is 10.6 Å². The molecule has 0 saturated carbocycles. The van der Waals surface area contributed by atoms with Gasteiger partial charge in [0.15, 0.2) is 0 Å². The van der Waals surface area contributed by atoms with E-state index < -0.39 is 16.1 Å². The summed E-state index contributed by atoms with van der Waals surface area (Å²) in [5.41, 5.74) is 5.49. The summed E-state index contributed by atoms with van der Waals surface area (Å²) >= 11 is 0. The van der Waals surface area contributed by atoms with E-state index in [0.29, 0.717) is 11.2 Å². The molecule has 1 N–H and O–H groups in total. The van der Waals surface area contributed by atoms with Gasteiger partial charge < -0.3 is 13.9 Å². The standard InChI is InChI=1S/C31H22N2O5S/c1-37-31(34)22-14-12-20(13-15-22)26-19-32-30-29(28(26)21-8-4-2-5-9-21)25-18-23(16-17-27(25)33-30)38-39(35,36)24-10-6-3-7-11-24/h2-19H,1H3,(H,32,33). The number of aromatic nitrogens is 2. The number of nitrogens with one attached hydrogen (secondary N) is 1. The maximum Gasteiger partial charge on any atom is 0.339 e. The minimum Gasteiger partial charge on any atom is -0.465 e. The second-order valence-corrected chi connectivity index (χ2v) is 10.4.